The lowest BCUT2D eigenvalue weighted by Gasteiger charge is -2.21. The molecule has 2 heterocycles. The van der Waals surface area contributed by atoms with Crippen molar-refractivity contribution in [3.63, 3.8) is 0 Å². The van der Waals surface area contributed by atoms with Crippen molar-refractivity contribution < 1.29 is 5.11 Å². The molecule has 0 amide bonds. The standard InChI is InChI=1S/C16H21N3O2/c20-14-8-16(5-6-17-10-16)7-11(14)9-19-13-4-2-1-3-12(13)18-15(19)21/h1-4,11,14,17,20H,5-10H2,(H,18,21). The average Bonchev–Trinajstić information content (AvgIpc) is 3.12. The van der Waals surface area contributed by atoms with E-state index in [1.807, 2.05) is 24.3 Å². The summed E-state index contributed by atoms with van der Waals surface area (Å²) in [6.45, 7) is 2.65. The van der Waals surface area contributed by atoms with Crippen LogP contribution in [0.4, 0.5) is 0 Å². The van der Waals surface area contributed by atoms with Gasteiger partial charge in [0, 0.05) is 19.0 Å². The first-order chi connectivity index (χ1) is 10.2. The lowest BCUT2D eigenvalue weighted by atomic mass is 9.84. The molecule has 1 aliphatic heterocycles. The van der Waals surface area contributed by atoms with Crippen molar-refractivity contribution in [2.75, 3.05) is 13.1 Å². The van der Waals surface area contributed by atoms with Gasteiger partial charge in [-0.3, -0.25) is 4.57 Å². The molecule has 0 bridgehead atoms. The van der Waals surface area contributed by atoms with Crippen molar-refractivity contribution in [1.29, 1.82) is 0 Å². The van der Waals surface area contributed by atoms with E-state index in [9.17, 15) is 9.90 Å². The molecule has 1 spiro atoms. The highest BCUT2D eigenvalue weighted by atomic mass is 16.3. The Morgan fingerprint density at radius 2 is 2.19 bits per heavy atom. The largest absolute Gasteiger partial charge is 0.393 e. The van der Waals surface area contributed by atoms with Crippen molar-refractivity contribution in [3.8, 4) is 0 Å². The van der Waals surface area contributed by atoms with Crippen molar-refractivity contribution in [1.82, 2.24) is 14.9 Å². The number of hydrogen-bond donors (Lipinski definition) is 3. The van der Waals surface area contributed by atoms with Gasteiger partial charge in [0.05, 0.1) is 17.1 Å². The Morgan fingerprint density at radius 1 is 1.33 bits per heavy atom. The van der Waals surface area contributed by atoms with E-state index in [1.54, 1.807) is 4.57 Å². The number of para-hydroxylation sites is 2. The minimum Gasteiger partial charge on any atom is -0.393 e. The Morgan fingerprint density at radius 3 is 3.00 bits per heavy atom. The molecule has 1 aliphatic carbocycles. The molecule has 5 nitrogen and oxygen atoms in total. The van der Waals surface area contributed by atoms with Gasteiger partial charge in [0.25, 0.3) is 0 Å². The topological polar surface area (TPSA) is 70.0 Å². The highest BCUT2D eigenvalue weighted by molar-refractivity contribution is 5.74. The van der Waals surface area contributed by atoms with Crippen LogP contribution < -0.4 is 11.0 Å². The van der Waals surface area contributed by atoms with Gasteiger partial charge in [0.1, 0.15) is 0 Å². The normalized spacial score (nSPS) is 32.4. The Kier molecular flexibility index (Phi) is 2.94. The summed E-state index contributed by atoms with van der Waals surface area (Å²) in [7, 11) is 0. The molecule has 3 atom stereocenters. The minimum atomic E-state index is -0.300. The Bertz CT molecular complexity index is 712. The van der Waals surface area contributed by atoms with Crippen LogP contribution in [0.15, 0.2) is 29.1 Å². The van der Waals surface area contributed by atoms with Crippen LogP contribution in [0.3, 0.4) is 0 Å². The smallest absolute Gasteiger partial charge is 0.326 e. The number of rotatable bonds is 2. The van der Waals surface area contributed by atoms with Crippen LogP contribution in [-0.2, 0) is 6.54 Å². The Hall–Kier alpha value is -1.59. The molecule has 2 fully saturated rings. The number of aliphatic hydroxyl groups excluding tert-OH is 1. The summed E-state index contributed by atoms with van der Waals surface area (Å²) in [4.78, 5) is 15.0. The van der Waals surface area contributed by atoms with Crippen LogP contribution in [0.5, 0.6) is 0 Å². The molecule has 5 heteroatoms. The highest BCUT2D eigenvalue weighted by Crippen LogP contribution is 2.46. The van der Waals surface area contributed by atoms with Gasteiger partial charge in [-0.25, -0.2) is 4.79 Å². The zero-order valence-corrected chi connectivity index (χ0v) is 12.0. The molecule has 3 unspecified atom stereocenters. The van der Waals surface area contributed by atoms with Gasteiger partial charge in [-0.2, -0.15) is 0 Å². The SMILES string of the molecule is O=c1[nH]c2ccccc2n1CC1CC2(CCNC2)CC1O. The molecule has 1 saturated heterocycles. The average molecular weight is 287 g/mol. The number of H-pyrrole nitrogens is 1. The van der Waals surface area contributed by atoms with Crippen LogP contribution in [0, 0.1) is 11.3 Å². The minimum absolute atomic E-state index is 0.0751. The second-order valence-electron chi connectivity index (χ2n) is 6.72. The second kappa shape index (κ2) is 4.71. The number of imidazole rings is 1. The predicted octanol–water partition coefficient (Wildman–Crippen LogP) is 1.08. The van der Waals surface area contributed by atoms with E-state index in [0.29, 0.717) is 6.54 Å². The summed E-state index contributed by atoms with van der Waals surface area (Å²) in [6, 6.07) is 7.74. The van der Waals surface area contributed by atoms with Crippen LogP contribution in [0.1, 0.15) is 19.3 Å². The molecule has 1 saturated carbocycles. The number of aromatic nitrogens is 2. The van der Waals surface area contributed by atoms with Gasteiger partial charge in [0.15, 0.2) is 0 Å². The van der Waals surface area contributed by atoms with Gasteiger partial charge in [-0.15, -0.1) is 0 Å². The fourth-order valence-electron chi connectivity index (χ4n) is 4.24. The van der Waals surface area contributed by atoms with Gasteiger partial charge >= 0.3 is 5.69 Å². The first kappa shape index (κ1) is 13.1. The van der Waals surface area contributed by atoms with Crippen LogP contribution in [0.25, 0.3) is 11.0 Å². The number of hydrogen-bond acceptors (Lipinski definition) is 3. The first-order valence-electron chi connectivity index (χ1n) is 7.73. The van der Waals surface area contributed by atoms with Crippen LogP contribution in [-0.4, -0.2) is 33.9 Å². The zero-order chi connectivity index (χ0) is 14.4. The number of nitrogens with zero attached hydrogens (tertiary/aromatic N) is 1. The molecule has 2 aliphatic rings. The van der Waals surface area contributed by atoms with Crippen LogP contribution in [0.2, 0.25) is 0 Å². The molecule has 1 aromatic carbocycles. The Labute approximate surface area is 123 Å². The van der Waals surface area contributed by atoms with E-state index in [1.165, 1.54) is 0 Å². The number of benzene rings is 1. The molecular formula is C16H21N3O2. The third-order valence-electron chi connectivity index (χ3n) is 5.31. The zero-order valence-electron chi connectivity index (χ0n) is 12.0. The summed E-state index contributed by atoms with van der Waals surface area (Å²) in [5, 5.41) is 13.8. The first-order valence-corrected chi connectivity index (χ1v) is 7.73. The molecule has 4 rings (SSSR count). The highest BCUT2D eigenvalue weighted by Gasteiger charge is 2.46. The third kappa shape index (κ3) is 2.12. The van der Waals surface area contributed by atoms with Gasteiger partial charge in [-0.05, 0) is 43.4 Å². The van der Waals surface area contributed by atoms with Crippen molar-refractivity contribution >= 4 is 11.0 Å². The summed E-state index contributed by atoms with van der Waals surface area (Å²) < 4.78 is 1.78. The monoisotopic (exact) mass is 287 g/mol. The molecule has 3 N–H and O–H groups in total. The van der Waals surface area contributed by atoms with Gasteiger partial charge < -0.3 is 15.4 Å². The maximum Gasteiger partial charge on any atom is 0.326 e. The molecular weight excluding hydrogens is 266 g/mol. The number of aromatic amines is 1. The maximum atomic E-state index is 12.2. The van der Waals surface area contributed by atoms with E-state index in [2.05, 4.69) is 10.3 Å². The third-order valence-corrected chi connectivity index (χ3v) is 5.31. The maximum absolute atomic E-state index is 12.2. The summed E-state index contributed by atoms with van der Waals surface area (Å²) in [6.07, 6.45) is 2.71. The molecule has 21 heavy (non-hydrogen) atoms. The fourth-order valence-corrected chi connectivity index (χ4v) is 4.24. The quantitative estimate of drug-likeness (QED) is 0.774. The van der Waals surface area contributed by atoms with E-state index < -0.39 is 0 Å². The second-order valence-corrected chi connectivity index (χ2v) is 6.72. The van der Waals surface area contributed by atoms with Crippen molar-refractivity contribution in [2.45, 2.75) is 31.9 Å². The fraction of sp³-hybridized carbons (Fsp3) is 0.562. The molecule has 0 radical (unpaired) electrons. The molecule has 2 aromatic rings. The van der Waals surface area contributed by atoms with E-state index in [0.717, 1.165) is 43.4 Å². The predicted molar refractivity (Wildman–Crippen MR) is 81.2 cm³/mol. The lowest BCUT2D eigenvalue weighted by molar-refractivity contribution is 0.119. The van der Waals surface area contributed by atoms with E-state index >= 15 is 0 Å². The summed E-state index contributed by atoms with van der Waals surface area (Å²) >= 11 is 0. The summed E-state index contributed by atoms with van der Waals surface area (Å²) in [5.41, 5.74) is 1.97. The van der Waals surface area contributed by atoms with Gasteiger partial charge in [-0.1, -0.05) is 12.1 Å². The van der Waals surface area contributed by atoms with Crippen LogP contribution >= 0.6 is 0 Å². The van der Waals surface area contributed by atoms with E-state index in [4.69, 9.17) is 0 Å². The molecule has 112 valence electrons. The molecule has 1 aromatic heterocycles. The number of nitrogens with one attached hydrogen (secondary N) is 2. The lowest BCUT2D eigenvalue weighted by Crippen LogP contribution is -2.25. The van der Waals surface area contributed by atoms with Crippen molar-refractivity contribution in [3.05, 3.63) is 34.7 Å². The Balaban J connectivity index is 1.63. The summed E-state index contributed by atoms with van der Waals surface area (Å²) in [5.74, 6) is 0.168. The number of fused-ring (bicyclic) bond motifs is 1. The number of aliphatic hydroxyl groups is 1. The van der Waals surface area contributed by atoms with E-state index in [-0.39, 0.29) is 23.1 Å². The van der Waals surface area contributed by atoms with Crippen molar-refractivity contribution in [2.24, 2.45) is 11.3 Å². The van der Waals surface area contributed by atoms with Gasteiger partial charge in [0.2, 0.25) is 0 Å².